The number of hydrogen-bond donors (Lipinski definition) is 1. The van der Waals surface area contributed by atoms with Crippen LogP contribution in [0.3, 0.4) is 0 Å². The van der Waals surface area contributed by atoms with Crippen LogP contribution >= 0.6 is 0 Å². The number of carbonyl (C=O) groups is 2. The highest BCUT2D eigenvalue weighted by Crippen LogP contribution is 2.37. The van der Waals surface area contributed by atoms with Gasteiger partial charge >= 0.3 is 5.97 Å². The predicted octanol–water partition coefficient (Wildman–Crippen LogP) is 5.58. The van der Waals surface area contributed by atoms with Crippen LogP contribution in [0.25, 0.3) is 33.4 Å². The summed E-state index contributed by atoms with van der Waals surface area (Å²) in [4.78, 5) is 24.8. The topological polar surface area (TPSA) is 68.5 Å². The van der Waals surface area contributed by atoms with Crippen molar-refractivity contribution in [3.8, 4) is 22.5 Å². The van der Waals surface area contributed by atoms with Crippen molar-refractivity contribution < 1.29 is 27.5 Å². The molecular formula is C25H19F2NO4. The van der Waals surface area contributed by atoms with Crippen molar-refractivity contribution in [2.24, 2.45) is 0 Å². The molecule has 1 amide bonds. The third-order valence-electron chi connectivity index (χ3n) is 5.05. The lowest BCUT2D eigenvalue weighted by Gasteiger charge is -2.08. The first-order valence-corrected chi connectivity index (χ1v) is 9.95. The molecule has 1 aromatic heterocycles. The van der Waals surface area contributed by atoms with Crippen molar-refractivity contribution in [2.75, 3.05) is 13.7 Å². The van der Waals surface area contributed by atoms with E-state index in [1.165, 1.54) is 37.4 Å². The summed E-state index contributed by atoms with van der Waals surface area (Å²) < 4.78 is 39.3. The Hall–Kier alpha value is -4.00. The quantitative estimate of drug-likeness (QED) is 0.416. The Bertz CT molecular complexity index is 1330. The second-order valence-electron chi connectivity index (χ2n) is 6.99. The number of nitrogens with one attached hydrogen (secondary N) is 1. The van der Waals surface area contributed by atoms with E-state index in [9.17, 15) is 14.0 Å². The molecular weight excluding hydrogens is 416 g/mol. The van der Waals surface area contributed by atoms with Crippen molar-refractivity contribution in [3.63, 3.8) is 0 Å². The summed E-state index contributed by atoms with van der Waals surface area (Å²) in [6.45, 7) is 1.77. The van der Waals surface area contributed by atoms with E-state index in [1.807, 2.05) is 0 Å². The van der Waals surface area contributed by atoms with Gasteiger partial charge in [0.05, 0.1) is 17.7 Å². The van der Waals surface area contributed by atoms with Crippen LogP contribution in [-0.2, 0) is 4.74 Å². The summed E-state index contributed by atoms with van der Waals surface area (Å²) in [6.07, 6.45) is 0. The van der Waals surface area contributed by atoms with E-state index in [2.05, 4.69) is 5.32 Å². The van der Waals surface area contributed by atoms with Crippen molar-refractivity contribution in [3.05, 3.63) is 83.4 Å². The van der Waals surface area contributed by atoms with Gasteiger partial charge < -0.3 is 14.5 Å². The van der Waals surface area contributed by atoms with Crippen LogP contribution in [0.4, 0.5) is 8.78 Å². The summed E-state index contributed by atoms with van der Waals surface area (Å²) in [5.74, 6) is -2.00. The average molecular weight is 435 g/mol. The molecule has 0 saturated carbocycles. The number of carbonyl (C=O) groups excluding carboxylic acids is 2. The predicted molar refractivity (Wildman–Crippen MR) is 116 cm³/mol. The molecule has 0 atom stereocenters. The van der Waals surface area contributed by atoms with E-state index in [1.54, 1.807) is 37.3 Å². The van der Waals surface area contributed by atoms with Crippen LogP contribution in [-0.4, -0.2) is 25.5 Å². The number of fused-ring (bicyclic) bond motifs is 1. The van der Waals surface area contributed by atoms with Crippen molar-refractivity contribution >= 4 is 22.8 Å². The molecule has 0 unspecified atom stereocenters. The molecule has 4 rings (SSSR count). The molecule has 0 bridgehead atoms. The minimum absolute atomic E-state index is 0.130. The third-order valence-corrected chi connectivity index (χ3v) is 5.05. The standard InChI is InChI=1S/C25H19F2NO4/c1-3-31-25(30)18-6-4-5-17(22(18)27)15-9-12-20-19(13-15)21(24(29)28-2)23(32-20)14-7-10-16(26)11-8-14/h4-13H,3H2,1-2H3,(H,28,29). The Morgan fingerprint density at radius 2 is 1.72 bits per heavy atom. The molecule has 1 N–H and O–H groups in total. The first kappa shape index (κ1) is 21.2. The summed E-state index contributed by atoms with van der Waals surface area (Å²) in [5.41, 5.74) is 1.66. The van der Waals surface area contributed by atoms with E-state index in [0.717, 1.165) is 0 Å². The molecule has 4 aromatic rings. The number of rotatable bonds is 5. The van der Waals surface area contributed by atoms with Gasteiger partial charge in [-0.1, -0.05) is 18.2 Å². The first-order chi connectivity index (χ1) is 15.4. The molecule has 7 heteroatoms. The van der Waals surface area contributed by atoms with E-state index < -0.39 is 23.5 Å². The molecule has 0 aliphatic rings. The Kier molecular flexibility index (Phi) is 5.73. The number of ether oxygens (including phenoxy) is 1. The van der Waals surface area contributed by atoms with Crippen LogP contribution in [0.15, 0.2) is 65.1 Å². The summed E-state index contributed by atoms with van der Waals surface area (Å²) in [7, 11) is 1.49. The molecule has 1 heterocycles. The zero-order valence-corrected chi connectivity index (χ0v) is 17.4. The highest BCUT2D eigenvalue weighted by Gasteiger charge is 2.23. The molecule has 0 saturated heterocycles. The summed E-state index contributed by atoms with van der Waals surface area (Å²) in [5, 5.41) is 3.04. The molecule has 0 fully saturated rings. The molecule has 0 aliphatic carbocycles. The molecule has 0 spiro atoms. The minimum Gasteiger partial charge on any atom is -0.462 e. The number of furan rings is 1. The number of benzene rings is 3. The fourth-order valence-corrected chi connectivity index (χ4v) is 3.54. The number of esters is 1. The summed E-state index contributed by atoms with van der Waals surface area (Å²) >= 11 is 0. The van der Waals surface area contributed by atoms with Gasteiger partial charge in [0.25, 0.3) is 5.91 Å². The van der Waals surface area contributed by atoms with E-state index in [4.69, 9.17) is 9.15 Å². The van der Waals surface area contributed by atoms with Gasteiger partial charge in [0.2, 0.25) is 0 Å². The van der Waals surface area contributed by atoms with Gasteiger partial charge in [-0.2, -0.15) is 0 Å². The third kappa shape index (κ3) is 3.73. The minimum atomic E-state index is -0.749. The molecule has 0 radical (unpaired) electrons. The van der Waals surface area contributed by atoms with Gasteiger partial charge in [-0.05, 0) is 55.0 Å². The lowest BCUT2D eigenvalue weighted by atomic mass is 9.98. The molecule has 162 valence electrons. The molecule has 32 heavy (non-hydrogen) atoms. The van der Waals surface area contributed by atoms with Crippen LogP contribution < -0.4 is 5.32 Å². The SMILES string of the molecule is CCOC(=O)c1cccc(-c2ccc3oc(-c4ccc(F)cc4)c(C(=O)NC)c3c2)c1F. The zero-order valence-electron chi connectivity index (χ0n) is 17.4. The Morgan fingerprint density at radius 1 is 1.00 bits per heavy atom. The van der Waals surface area contributed by atoms with Crippen LogP contribution in [0.5, 0.6) is 0 Å². The van der Waals surface area contributed by atoms with Crippen molar-refractivity contribution in [2.45, 2.75) is 6.92 Å². The summed E-state index contributed by atoms with van der Waals surface area (Å²) in [6, 6.07) is 14.9. The van der Waals surface area contributed by atoms with Gasteiger partial charge in [-0.3, -0.25) is 4.79 Å². The average Bonchev–Trinajstić information content (AvgIpc) is 3.18. The van der Waals surface area contributed by atoms with Gasteiger partial charge in [0.1, 0.15) is 23.0 Å². The van der Waals surface area contributed by atoms with Crippen LogP contribution in [0.1, 0.15) is 27.6 Å². The Labute approximate surface area is 182 Å². The monoisotopic (exact) mass is 435 g/mol. The van der Waals surface area contributed by atoms with Crippen LogP contribution in [0.2, 0.25) is 0 Å². The fraction of sp³-hybridized carbons (Fsp3) is 0.120. The molecule has 5 nitrogen and oxygen atoms in total. The lowest BCUT2D eigenvalue weighted by molar-refractivity contribution is 0.0521. The number of hydrogen-bond acceptors (Lipinski definition) is 4. The van der Waals surface area contributed by atoms with Gasteiger partial charge in [0.15, 0.2) is 0 Å². The zero-order chi connectivity index (χ0) is 22.8. The van der Waals surface area contributed by atoms with Crippen molar-refractivity contribution in [1.29, 1.82) is 0 Å². The maximum absolute atomic E-state index is 15.1. The van der Waals surface area contributed by atoms with Gasteiger partial charge in [-0.25, -0.2) is 13.6 Å². The number of halogens is 2. The highest BCUT2D eigenvalue weighted by atomic mass is 19.1. The van der Waals surface area contributed by atoms with E-state index >= 15 is 4.39 Å². The maximum Gasteiger partial charge on any atom is 0.341 e. The first-order valence-electron chi connectivity index (χ1n) is 9.95. The van der Waals surface area contributed by atoms with E-state index in [-0.39, 0.29) is 29.1 Å². The normalized spacial score (nSPS) is 10.9. The molecule has 0 aliphatic heterocycles. The maximum atomic E-state index is 15.1. The van der Waals surface area contributed by atoms with Gasteiger partial charge in [-0.15, -0.1) is 0 Å². The van der Waals surface area contributed by atoms with E-state index in [0.29, 0.717) is 22.1 Å². The largest absolute Gasteiger partial charge is 0.462 e. The second kappa shape index (κ2) is 8.63. The fourth-order valence-electron chi connectivity index (χ4n) is 3.54. The van der Waals surface area contributed by atoms with Crippen LogP contribution in [0, 0.1) is 11.6 Å². The second-order valence-corrected chi connectivity index (χ2v) is 6.99. The van der Waals surface area contributed by atoms with Gasteiger partial charge in [0, 0.05) is 23.6 Å². The highest BCUT2D eigenvalue weighted by molar-refractivity contribution is 6.11. The Morgan fingerprint density at radius 3 is 2.41 bits per heavy atom. The lowest BCUT2D eigenvalue weighted by Crippen LogP contribution is -2.18. The number of amides is 1. The van der Waals surface area contributed by atoms with Crippen molar-refractivity contribution in [1.82, 2.24) is 5.32 Å². The Balaban J connectivity index is 1.90. The smallest absolute Gasteiger partial charge is 0.341 e. The molecule has 3 aromatic carbocycles.